The van der Waals surface area contributed by atoms with Crippen LogP contribution in [0.15, 0.2) is 0 Å². The molecule has 0 fully saturated rings. The van der Waals surface area contributed by atoms with Crippen molar-refractivity contribution in [3.63, 3.8) is 0 Å². The zero-order valence-corrected chi connectivity index (χ0v) is 9.85. The van der Waals surface area contributed by atoms with E-state index >= 15 is 0 Å². The fourth-order valence-corrected chi connectivity index (χ4v) is 1.82. The van der Waals surface area contributed by atoms with E-state index in [1.807, 2.05) is 0 Å². The lowest BCUT2D eigenvalue weighted by molar-refractivity contribution is 0.137. The van der Waals surface area contributed by atoms with Gasteiger partial charge < -0.3 is 10.5 Å². The van der Waals surface area contributed by atoms with E-state index in [-0.39, 0.29) is 24.7 Å². The van der Waals surface area contributed by atoms with Gasteiger partial charge >= 0.3 is 0 Å². The van der Waals surface area contributed by atoms with Crippen LogP contribution in [0.5, 0.6) is 0 Å². The summed E-state index contributed by atoms with van der Waals surface area (Å²) in [6.07, 6.45) is 0.969. The van der Waals surface area contributed by atoms with Gasteiger partial charge in [0, 0.05) is 13.2 Å². The Bertz CT molecular complexity index is 224. The highest BCUT2D eigenvalue weighted by molar-refractivity contribution is 7.91. The molecule has 0 saturated carbocycles. The SMILES string of the molecule is CC(C)CCOCCS(=O)(=O)CCN. The fourth-order valence-electron chi connectivity index (χ4n) is 0.889. The van der Waals surface area contributed by atoms with Crippen LogP contribution in [-0.4, -0.2) is 39.7 Å². The average molecular weight is 223 g/mol. The summed E-state index contributed by atoms with van der Waals surface area (Å²) < 4.78 is 27.5. The number of hydrogen-bond donors (Lipinski definition) is 1. The summed E-state index contributed by atoms with van der Waals surface area (Å²) in [5, 5.41) is 0. The fraction of sp³-hybridized carbons (Fsp3) is 1.00. The first-order valence-corrected chi connectivity index (χ1v) is 6.78. The molecule has 0 atom stereocenters. The van der Waals surface area contributed by atoms with E-state index in [2.05, 4.69) is 13.8 Å². The van der Waals surface area contributed by atoms with E-state index in [0.29, 0.717) is 12.5 Å². The molecule has 0 spiro atoms. The minimum atomic E-state index is -2.98. The van der Waals surface area contributed by atoms with Crippen LogP contribution in [0.4, 0.5) is 0 Å². The molecule has 0 aromatic carbocycles. The Balaban J connectivity index is 3.45. The first-order valence-electron chi connectivity index (χ1n) is 4.96. The molecule has 0 radical (unpaired) electrons. The van der Waals surface area contributed by atoms with Gasteiger partial charge in [-0.15, -0.1) is 0 Å². The Hall–Kier alpha value is -0.130. The molecule has 0 heterocycles. The van der Waals surface area contributed by atoms with Crippen molar-refractivity contribution in [1.82, 2.24) is 0 Å². The predicted molar refractivity (Wildman–Crippen MR) is 58.0 cm³/mol. The van der Waals surface area contributed by atoms with Crippen molar-refractivity contribution >= 4 is 9.84 Å². The van der Waals surface area contributed by atoms with E-state index in [4.69, 9.17) is 10.5 Å². The average Bonchev–Trinajstić information content (AvgIpc) is 2.02. The number of rotatable bonds is 8. The van der Waals surface area contributed by atoms with Gasteiger partial charge in [0.25, 0.3) is 0 Å². The molecule has 0 unspecified atom stereocenters. The van der Waals surface area contributed by atoms with Crippen LogP contribution >= 0.6 is 0 Å². The van der Waals surface area contributed by atoms with Crippen molar-refractivity contribution in [3.8, 4) is 0 Å². The summed E-state index contributed by atoms with van der Waals surface area (Å²) in [4.78, 5) is 0. The number of hydrogen-bond acceptors (Lipinski definition) is 4. The first kappa shape index (κ1) is 13.9. The van der Waals surface area contributed by atoms with Crippen LogP contribution in [0.25, 0.3) is 0 Å². The molecule has 86 valence electrons. The van der Waals surface area contributed by atoms with Gasteiger partial charge in [-0.05, 0) is 12.3 Å². The number of ether oxygens (including phenoxy) is 1. The highest BCUT2D eigenvalue weighted by atomic mass is 32.2. The zero-order chi connectivity index (χ0) is 11.0. The molecule has 0 saturated heterocycles. The molecule has 0 bridgehead atoms. The van der Waals surface area contributed by atoms with Gasteiger partial charge in [-0.25, -0.2) is 8.42 Å². The predicted octanol–water partition coefficient (Wildman–Crippen LogP) is 0.423. The van der Waals surface area contributed by atoms with Gasteiger partial charge in [-0.2, -0.15) is 0 Å². The topological polar surface area (TPSA) is 69.4 Å². The first-order chi connectivity index (χ1) is 6.48. The smallest absolute Gasteiger partial charge is 0.153 e. The maximum Gasteiger partial charge on any atom is 0.153 e. The molecule has 14 heavy (non-hydrogen) atoms. The van der Waals surface area contributed by atoms with Gasteiger partial charge in [0.05, 0.1) is 18.1 Å². The van der Waals surface area contributed by atoms with Crippen molar-refractivity contribution < 1.29 is 13.2 Å². The molecule has 0 aliphatic heterocycles. The lowest BCUT2D eigenvalue weighted by atomic mass is 10.1. The maximum absolute atomic E-state index is 11.2. The third-order valence-electron chi connectivity index (χ3n) is 1.81. The van der Waals surface area contributed by atoms with E-state index in [9.17, 15) is 8.42 Å². The maximum atomic E-state index is 11.2. The van der Waals surface area contributed by atoms with Gasteiger partial charge in [0.2, 0.25) is 0 Å². The minimum Gasteiger partial charge on any atom is -0.380 e. The molecule has 4 nitrogen and oxygen atoms in total. The van der Waals surface area contributed by atoms with Gasteiger partial charge in [0.15, 0.2) is 9.84 Å². The van der Waals surface area contributed by atoms with Gasteiger partial charge in [-0.3, -0.25) is 0 Å². The summed E-state index contributed by atoms with van der Waals surface area (Å²) in [5.41, 5.74) is 5.16. The summed E-state index contributed by atoms with van der Waals surface area (Å²) in [6.45, 7) is 5.32. The standard InChI is InChI=1S/C9H21NO3S/c1-9(2)3-5-13-6-8-14(11,12)7-4-10/h9H,3-8,10H2,1-2H3. The Morgan fingerprint density at radius 3 is 2.36 bits per heavy atom. The summed E-state index contributed by atoms with van der Waals surface area (Å²) >= 11 is 0. The van der Waals surface area contributed by atoms with E-state index in [1.165, 1.54) is 0 Å². The van der Waals surface area contributed by atoms with Crippen molar-refractivity contribution in [2.24, 2.45) is 11.7 Å². The molecule has 0 rings (SSSR count). The Labute approximate surface area is 86.7 Å². The Morgan fingerprint density at radius 1 is 1.21 bits per heavy atom. The van der Waals surface area contributed by atoms with Gasteiger partial charge in [-0.1, -0.05) is 13.8 Å². The largest absolute Gasteiger partial charge is 0.380 e. The van der Waals surface area contributed by atoms with Crippen molar-refractivity contribution in [2.45, 2.75) is 20.3 Å². The summed E-state index contributed by atoms with van der Waals surface area (Å²) in [7, 11) is -2.98. The van der Waals surface area contributed by atoms with Crippen LogP contribution in [-0.2, 0) is 14.6 Å². The Kier molecular flexibility index (Phi) is 7.13. The van der Waals surface area contributed by atoms with Crippen molar-refractivity contribution in [1.29, 1.82) is 0 Å². The van der Waals surface area contributed by atoms with E-state index in [1.54, 1.807) is 0 Å². The van der Waals surface area contributed by atoms with E-state index in [0.717, 1.165) is 6.42 Å². The monoisotopic (exact) mass is 223 g/mol. The Morgan fingerprint density at radius 2 is 1.86 bits per heavy atom. The summed E-state index contributed by atoms with van der Waals surface area (Å²) in [6, 6.07) is 0. The van der Waals surface area contributed by atoms with Crippen LogP contribution < -0.4 is 5.73 Å². The second-order valence-electron chi connectivity index (χ2n) is 3.74. The molecular formula is C9H21NO3S. The zero-order valence-electron chi connectivity index (χ0n) is 9.03. The van der Waals surface area contributed by atoms with Gasteiger partial charge in [0.1, 0.15) is 0 Å². The highest BCUT2D eigenvalue weighted by Crippen LogP contribution is 1.99. The quantitative estimate of drug-likeness (QED) is 0.606. The third-order valence-corrected chi connectivity index (χ3v) is 3.45. The molecular weight excluding hydrogens is 202 g/mol. The summed E-state index contributed by atoms with van der Waals surface area (Å²) in [5.74, 6) is 0.735. The number of sulfone groups is 1. The van der Waals surface area contributed by atoms with Crippen LogP contribution in [0.2, 0.25) is 0 Å². The molecule has 2 N–H and O–H groups in total. The van der Waals surface area contributed by atoms with E-state index < -0.39 is 9.84 Å². The van der Waals surface area contributed by atoms with Crippen LogP contribution in [0.1, 0.15) is 20.3 Å². The molecule has 0 aromatic heterocycles. The molecule has 0 aromatic rings. The third kappa shape index (κ3) is 8.47. The highest BCUT2D eigenvalue weighted by Gasteiger charge is 2.08. The van der Waals surface area contributed by atoms with Crippen molar-refractivity contribution in [3.05, 3.63) is 0 Å². The molecule has 0 aliphatic rings. The van der Waals surface area contributed by atoms with Crippen LogP contribution in [0, 0.1) is 5.92 Å². The lowest BCUT2D eigenvalue weighted by Gasteiger charge is -2.06. The molecule has 0 aliphatic carbocycles. The minimum absolute atomic E-state index is 0.0561. The second-order valence-corrected chi connectivity index (χ2v) is 6.04. The molecule has 0 amide bonds. The lowest BCUT2D eigenvalue weighted by Crippen LogP contribution is -2.21. The second kappa shape index (κ2) is 7.20. The van der Waals surface area contributed by atoms with Crippen LogP contribution in [0.3, 0.4) is 0 Å². The molecule has 5 heteroatoms. The normalized spacial score (nSPS) is 12.3. The van der Waals surface area contributed by atoms with Crippen molar-refractivity contribution in [2.75, 3.05) is 31.3 Å². The number of nitrogens with two attached hydrogens (primary N) is 1.